The van der Waals surface area contributed by atoms with Crippen LogP contribution in [0.2, 0.25) is 0 Å². The number of rotatable bonds is 4. The van der Waals surface area contributed by atoms with Crippen LogP contribution in [0.3, 0.4) is 0 Å². The second kappa shape index (κ2) is 6.88. The Morgan fingerprint density at radius 2 is 2.21 bits per heavy atom. The number of nitrogens with one attached hydrogen (secondary N) is 1. The summed E-state index contributed by atoms with van der Waals surface area (Å²) in [7, 11) is 0. The van der Waals surface area contributed by atoms with Crippen LogP contribution < -0.4 is 5.32 Å². The van der Waals surface area contributed by atoms with Gasteiger partial charge >= 0.3 is 6.03 Å². The number of aliphatic hydroxyl groups is 1. The molecule has 1 aliphatic rings. The van der Waals surface area contributed by atoms with Crippen molar-refractivity contribution >= 4 is 17.4 Å². The molecule has 1 atom stereocenters. The molecule has 2 heterocycles. The number of β-amino-alcohol motifs (C(OH)–C–C–N with tert-alkyl or cyclic N) is 1. The number of hydrogen-bond acceptors (Lipinski definition) is 4. The maximum atomic E-state index is 12.0. The molecule has 2 amide bonds. The number of aliphatic hydroxyl groups excluding tert-OH is 1. The average molecular weight is 283 g/mol. The van der Waals surface area contributed by atoms with Crippen molar-refractivity contribution < 1.29 is 9.90 Å². The van der Waals surface area contributed by atoms with Gasteiger partial charge in [0.25, 0.3) is 0 Å². The van der Waals surface area contributed by atoms with Crippen LogP contribution in [0.5, 0.6) is 0 Å². The van der Waals surface area contributed by atoms with E-state index in [4.69, 9.17) is 0 Å². The molecule has 1 aromatic rings. The van der Waals surface area contributed by atoms with E-state index >= 15 is 0 Å². The maximum absolute atomic E-state index is 12.0. The molecule has 19 heavy (non-hydrogen) atoms. The van der Waals surface area contributed by atoms with Crippen LogP contribution in [-0.4, -0.2) is 59.8 Å². The monoisotopic (exact) mass is 283 g/mol. The minimum Gasteiger partial charge on any atom is -0.392 e. The molecular weight excluding hydrogens is 262 g/mol. The van der Waals surface area contributed by atoms with E-state index in [0.717, 1.165) is 26.2 Å². The van der Waals surface area contributed by atoms with Crippen molar-refractivity contribution in [1.29, 1.82) is 0 Å². The molecule has 1 saturated heterocycles. The first kappa shape index (κ1) is 14.3. The number of piperazine rings is 1. The van der Waals surface area contributed by atoms with Crippen molar-refractivity contribution in [3.63, 3.8) is 0 Å². The molecule has 106 valence electrons. The molecular formula is C13H21N3O2S. The van der Waals surface area contributed by atoms with E-state index in [0.29, 0.717) is 13.1 Å². The Morgan fingerprint density at radius 3 is 2.79 bits per heavy atom. The molecule has 2 rings (SSSR count). The third kappa shape index (κ3) is 4.49. The van der Waals surface area contributed by atoms with E-state index in [9.17, 15) is 9.90 Å². The lowest BCUT2D eigenvalue weighted by Crippen LogP contribution is -2.52. The molecule has 6 heteroatoms. The Hall–Kier alpha value is -1.11. The van der Waals surface area contributed by atoms with Crippen LogP contribution >= 0.6 is 11.3 Å². The molecule has 0 aromatic carbocycles. The minimum atomic E-state index is -0.306. The summed E-state index contributed by atoms with van der Waals surface area (Å²) in [6.45, 7) is 6.19. The Bertz CT molecular complexity index is 387. The highest BCUT2D eigenvalue weighted by molar-refractivity contribution is 7.09. The van der Waals surface area contributed by atoms with Gasteiger partial charge in [-0.2, -0.15) is 0 Å². The largest absolute Gasteiger partial charge is 0.392 e. The fourth-order valence-electron chi connectivity index (χ4n) is 2.19. The highest BCUT2D eigenvalue weighted by Gasteiger charge is 2.21. The number of carbonyl (C=O) groups is 1. The predicted octanol–water partition coefficient (Wildman–Crippen LogP) is 0.956. The van der Waals surface area contributed by atoms with Crippen LogP contribution in [0.25, 0.3) is 0 Å². The number of carbonyl (C=O) groups excluding carboxylic acids is 1. The van der Waals surface area contributed by atoms with Crippen LogP contribution in [-0.2, 0) is 6.54 Å². The van der Waals surface area contributed by atoms with Crippen LogP contribution in [0.4, 0.5) is 4.79 Å². The lowest BCUT2D eigenvalue weighted by molar-refractivity contribution is 0.0897. The van der Waals surface area contributed by atoms with E-state index in [1.54, 1.807) is 18.3 Å². The van der Waals surface area contributed by atoms with Gasteiger partial charge in [-0.05, 0) is 18.4 Å². The number of hydrogen-bond donors (Lipinski definition) is 2. The van der Waals surface area contributed by atoms with Gasteiger partial charge in [0.05, 0.1) is 12.6 Å². The topological polar surface area (TPSA) is 55.8 Å². The Labute approximate surface area is 117 Å². The number of urea groups is 1. The van der Waals surface area contributed by atoms with E-state index in [2.05, 4.69) is 10.2 Å². The fourth-order valence-corrected chi connectivity index (χ4v) is 2.84. The van der Waals surface area contributed by atoms with Crippen molar-refractivity contribution in [3.8, 4) is 0 Å². The smallest absolute Gasteiger partial charge is 0.317 e. The Morgan fingerprint density at radius 1 is 1.47 bits per heavy atom. The first-order valence-electron chi connectivity index (χ1n) is 6.60. The van der Waals surface area contributed by atoms with Crippen molar-refractivity contribution in [2.75, 3.05) is 32.7 Å². The van der Waals surface area contributed by atoms with Gasteiger partial charge in [0.15, 0.2) is 0 Å². The molecule has 0 spiro atoms. The Kier molecular flexibility index (Phi) is 5.18. The van der Waals surface area contributed by atoms with Gasteiger partial charge in [0.1, 0.15) is 0 Å². The summed E-state index contributed by atoms with van der Waals surface area (Å²) in [4.78, 5) is 17.2. The van der Waals surface area contributed by atoms with Gasteiger partial charge in [-0.1, -0.05) is 6.07 Å². The minimum absolute atomic E-state index is 0.00472. The summed E-state index contributed by atoms with van der Waals surface area (Å²) in [6, 6.07) is 4.01. The summed E-state index contributed by atoms with van der Waals surface area (Å²) in [5.41, 5.74) is 0. The summed E-state index contributed by atoms with van der Waals surface area (Å²) in [5, 5.41) is 14.3. The second-order valence-electron chi connectivity index (χ2n) is 4.87. The first-order valence-corrected chi connectivity index (χ1v) is 7.48. The Balaban J connectivity index is 1.70. The van der Waals surface area contributed by atoms with Crippen LogP contribution in [0, 0.1) is 0 Å². The average Bonchev–Trinajstić information content (AvgIpc) is 2.89. The third-order valence-electron chi connectivity index (χ3n) is 3.18. The highest BCUT2D eigenvalue weighted by atomic mass is 32.1. The molecule has 0 saturated carbocycles. The summed E-state index contributed by atoms with van der Waals surface area (Å²) < 4.78 is 0. The quantitative estimate of drug-likeness (QED) is 0.865. The molecule has 0 unspecified atom stereocenters. The SMILES string of the molecule is C[C@@H](O)CN1CCN(C(=O)NCc2cccs2)CC1. The van der Waals surface area contributed by atoms with E-state index < -0.39 is 0 Å². The maximum Gasteiger partial charge on any atom is 0.317 e. The molecule has 2 N–H and O–H groups in total. The zero-order chi connectivity index (χ0) is 13.7. The lowest BCUT2D eigenvalue weighted by Gasteiger charge is -2.35. The molecule has 0 radical (unpaired) electrons. The van der Waals surface area contributed by atoms with Crippen LogP contribution in [0.15, 0.2) is 17.5 Å². The van der Waals surface area contributed by atoms with Gasteiger partial charge in [-0.15, -0.1) is 11.3 Å². The number of thiophene rings is 1. The standard InChI is InChI=1S/C13H21N3O2S/c1-11(17)10-15-4-6-16(7-5-15)13(18)14-9-12-3-2-8-19-12/h2-3,8,11,17H,4-7,9-10H2,1H3,(H,14,18)/t11-/m1/s1. The normalized spacial score (nSPS) is 18.3. The van der Waals surface area contributed by atoms with Crippen molar-refractivity contribution in [2.24, 2.45) is 0 Å². The molecule has 0 bridgehead atoms. The molecule has 5 nitrogen and oxygen atoms in total. The van der Waals surface area contributed by atoms with Gasteiger partial charge in [0, 0.05) is 37.6 Å². The van der Waals surface area contributed by atoms with E-state index in [1.165, 1.54) is 4.88 Å². The van der Waals surface area contributed by atoms with Gasteiger partial charge in [-0.25, -0.2) is 4.79 Å². The molecule has 1 fully saturated rings. The van der Waals surface area contributed by atoms with Crippen molar-refractivity contribution in [2.45, 2.75) is 19.6 Å². The van der Waals surface area contributed by atoms with Gasteiger partial charge in [-0.3, -0.25) is 4.90 Å². The zero-order valence-electron chi connectivity index (χ0n) is 11.2. The van der Waals surface area contributed by atoms with E-state index in [-0.39, 0.29) is 12.1 Å². The summed E-state index contributed by atoms with van der Waals surface area (Å²) >= 11 is 1.65. The van der Waals surface area contributed by atoms with E-state index in [1.807, 2.05) is 22.4 Å². The highest BCUT2D eigenvalue weighted by Crippen LogP contribution is 2.08. The fraction of sp³-hybridized carbons (Fsp3) is 0.615. The van der Waals surface area contributed by atoms with Crippen molar-refractivity contribution in [3.05, 3.63) is 22.4 Å². The number of amides is 2. The second-order valence-corrected chi connectivity index (χ2v) is 5.91. The molecule has 1 aromatic heterocycles. The zero-order valence-corrected chi connectivity index (χ0v) is 12.0. The molecule has 0 aliphatic carbocycles. The van der Waals surface area contributed by atoms with Crippen LogP contribution in [0.1, 0.15) is 11.8 Å². The van der Waals surface area contributed by atoms with Crippen molar-refractivity contribution in [1.82, 2.24) is 15.1 Å². The summed E-state index contributed by atoms with van der Waals surface area (Å²) in [5.74, 6) is 0. The molecule has 1 aliphatic heterocycles. The van der Waals surface area contributed by atoms with Gasteiger partial charge < -0.3 is 15.3 Å². The van der Waals surface area contributed by atoms with Gasteiger partial charge in [0.2, 0.25) is 0 Å². The lowest BCUT2D eigenvalue weighted by atomic mass is 10.3. The first-order chi connectivity index (χ1) is 9.15. The predicted molar refractivity (Wildman–Crippen MR) is 76.2 cm³/mol. The third-order valence-corrected chi connectivity index (χ3v) is 4.05. The number of nitrogens with zero attached hydrogens (tertiary/aromatic N) is 2. The summed E-state index contributed by atoms with van der Waals surface area (Å²) in [6.07, 6.45) is -0.306.